The van der Waals surface area contributed by atoms with Gasteiger partial charge in [-0.2, -0.15) is 5.10 Å². The number of rotatable bonds is 5. The highest BCUT2D eigenvalue weighted by molar-refractivity contribution is 7.92. The van der Waals surface area contributed by atoms with Crippen LogP contribution < -0.4 is 9.46 Å². The van der Waals surface area contributed by atoms with E-state index in [1.807, 2.05) is 0 Å². The number of anilines is 1. The first-order chi connectivity index (χ1) is 11.5. The second kappa shape index (κ2) is 6.54. The highest BCUT2D eigenvalue weighted by Crippen LogP contribution is 2.29. The SMILES string of the molecule is COc1ccc(S(=O)(=O)Nc2ccccc2-n2cccn2)cc1Cl. The lowest BCUT2D eigenvalue weighted by Gasteiger charge is -2.13. The molecule has 24 heavy (non-hydrogen) atoms. The first-order valence-electron chi connectivity index (χ1n) is 6.96. The summed E-state index contributed by atoms with van der Waals surface area (Å²) in [4.78, 5) is 0.0450. The van der Waals surface area contributed by atoms with Gasteiger partial charge in [-0.3, -0.25) is 4.72 Å². The summed E-state index contributed by atoms with van der Waals surface area (Å²) in [6.45, 7) is 0. The summed E-state index contributed by atoms with van der Waals surface area (Å²) in [5, 5.41) is 4.35. The van der Waals surface area contributed by atoms with Crippen molar-refractivity contribution >= 4 is 27.3 Å². The van der Waals surface area contributed by atoms with Crippen molar-refractivity contribution < 1.29 is 13.2 Å². The Balaban J connectivity index is 1.98. The van der Waals surface area contributed by atoms with Crippen molar-refractivity contribution in [3.63, 3.8) is 0 Å². The summed E-state index contributed by atoms with van der Waals surface area (Å²) < 4.78 is 34.5. The van der Waals surface area contributed by atoms with Crippen LogP contribution >= 0.6 is 11.6 Å². The van der Waals surface area contributed by atoms with E-state index >= 15 is 0 Å². The van der Waals surface area contributed by atoms with Crippen LogP contribution in [0.2, 0.25) is 5.02 Å². The van der Waals surface area contributed by atoms with Gasteiger partial charge in [0.15, 0.2) is 0 Å². The minimum absolute atomic E-state index is 0.0450. The zero-order valence-electron chi connectivity index (χ0n) is 12.7. The average molecular weight is 364 g/mol. The van der Waals surface area contributed by atoms with Gasteiger partial charge in [-0.05, 0) is 36.4 Å². The lowest BCUT2D eigenvalue weighted by Crippen LogP contribution is -2.15. The first kappa shape index (κ1) is 16.4. The Labute approximate surface area is 144 Å². The molecule has 3 aromatic rings. The van der Waals surface area contributed by atoms with Gasteiger partial charge >= 0.3 is 0 Å². The monoisotopic (exact) mass is 363 g/mol. The zero-order valence-corrected chi connectivity index (χ0v) is 14.3. The summed E-state index contributed by atoms with van der Waals surface area (Å²) in [5.41, 5.74) is 1.03. The highest BCUT2D eigenvalue weighted by Gasteiger charge is 2.18. The maximum atomic E-state index is 12.6. The van der Waals surface area contributed by atoms with Gasteiger partial charge in [-0.15, -0.1) is 0 Å². The number of sulfonamides is 1. The summed E-state index contributed by atoms with van der Waals surface area (Å²) >= 11 is 6.02. The molecule has 0 aliphatic heterocycles. The fourth-order valence-corrected chi connectivity index (χ4v) is 3.61. The number of benzene rings is 2. The van der Waals surface area contributed by atoms with Gasteiger partial charge in [-0.25, -0.2) is 13.1 Å². The van der Waals surface area contributed by atoms with Crippen LogP contribution in [0.15, 0.2) is 65.8 Å². The first-order valence-corrected chi connectivity index (χ1v) is 8.83. The van der Waals surface area contributed by atoms with E-state index in [-0.39, 0.29) is 9.92 Å². The number of aromatic nitrogens is 2. The van der Waals surface area contributed by atoms with Gasteiger partial charge in [0.2, 0.25) is 0 Å². The number of nitrogens with zero attached hydrogens (tertiary/aromatic N) is 2. The molecule has 0 aliphatic carbocycles. The standard InChI is InChI=1S/C16H14ClN3O3S/c1-23-16-8-7-12(11-13(16)17)24(21,22)19-14-5-2-3-6-15(14)20-10-4-9-18-20/h2-11,19H,1H3. The molecule has 0 radical (unpaired) electrons. The third-order valence-electron chi connectivity index (χ3n) is 3.33. The molecule has 0 atom stereocenters. The van der Waals surface area contributed by atoms with Gasteiger partial charge in [0, 0.05) is 12.4 Å². The molecule has 0 saturated heterocycles. The van der Waals surface area contributed by atoms with E-state index < -0.39 is 10.0 Å². The van der Waals surface area contributed by atoms with Crippen LogP contribution in [0.25, 0.3) is 5.69 Å². The van der Waals surface area contributed by atoms with E-state index in [9.17, 15) is 8.42 Å². The Kier molecular flexibility index (Phi) is 4.46. The van der Waals surface area contributed by atoms with Crippen LogP contribution in [0.4, 0.5) is 5.69 Å². The Bertz CT molecular complexity index is 956. The normalized spacial score (nSPS) is 11.2. The number of halogens is 1. The molecule has 1 aromatic heterocycles. The van der Waals surface area contributed by atoms with Crippen LogP contribution in [0, 0.1) is 0 Å². The molecule has 0 spiro atoms. The molecule has 1 heterocycles. The molecule has 8 heteroatoms. The van der Waals surface area contributed by atoms with Crippen molar-refractivity contribution in [2.24, 2.45) is 0 Å². The Morgan fingerprint density at radius 3 is 2.62 bits per heavy atom. The second-order valence-electron chi connectivity index (χ2n) is 4.87. The zero-order chi connectivity index (χ0) is 17.2. The Hall–Kier alpha value is -2.51. The number of nitrogens with one attached hydrogen (secondary N) is 1. The van der Waals surface area contributed by atoms with Crippen molar-refractivity contribution in [3.05, 3.63) is 65.9 Å². The minimum atomic E-state index is -3.81. The van der Waals surface area contributed by atoms with Crippen molar-refractivity contribution in [2.75, 3.05) is 11.8 Å². The summed E-state index contributed by atoms with van der Waals surface area (Å²) in [7, 11) is -2.34. The number of methoxy groups -OCH3 is 1. The van der Waals surface area contributed by atoms with Gasteiger partial charge in [-0.1, -0.05) is 23.7 Å². The molecule has 0 bridgehead atoms. The maximum Gasteiger partial charge on any atom is 0.262 e. The fraction of sp³-hybridized carbons (Fsp3) is 0.0625. The molecule has 0 amide bonds. The molecule has 6 nitrogen and oxygen atoms in total. The highest BCUT2D eigenvalue weighted by atomic mass is 35.5. The van der Waals surface area contributed by atoms with Gasteiger partial charge in [0.05, 0.1) is 28.4 Å². The molecule has 0 unspecified atom stereocenters. The topological polar surface area (TPSA) is 73.2 Å². The van der Waals surface area contributed by atoms with E-state index in [1.165, 1.54) is 25.3 Å². The molecular formula is C16H14ClN3O3S. The molecule has 0 fully saturated rings. The van der Waals surface area contributed by atoms with Crippen LogP contribution in [0.5, 0.6) is 5.75 Å². The third-order valence-corrected chi connectivity index (χ3v) is 4.99. The lowest BCUT2D eigenvalue weighted by atomic mass is 10.3. The fourth-order valence-electron chi connectivity index (χ4n) is 2.19. The number of hydrogen-bond donors (Lipinski definition) is 1. The molecular weight excluding hydrogens is 350 g/mol. The minimum Gasteiger partial charge on any atom is -0.495 e. The Morgan fingerprint density at radius 2 is 1.96 bits per heavy atom. The van der Waals surface area contributed by atoms with E-state index in [1.54, 1.807) is 47.4 Å². The number of para-hydroxylation sites is 2. The van der Waals surface area contributed by atoms with Crippen molar-refractivity contribution in [1.29, 1.82) is 0 Å². The quantitative estimate of drug-likeness (QED) is 0.754. The van der Waals surface area contributed by atoms with Crippen LogP contribution in [-0.2, 0) is 10.0 Å². The van der Waals surface area contributed by atoms with E-state index in [0.29, 0.717) is 17.1 Å². The third kappa shape index (κ3) is 3.22. The molecule has 124 valence electrons. The maximum absolute atomic E-state index is 12.6. The van der Waals surface area contributed by atoms with E-state index in [4.69, 9.17) is 16.3 Å². The molecule has 3 rings (SSSR count). The van der Waals surface area contributed by atoms with Crippen molar-refractivity contribution in [2.45, 2.75) is 4.90 Å². The van der Waals surface area contributed by atoms with Crippen LogP contribution in [0.1, 0.15) is 0 Å². The van der Waals surface area contributed by atoms with Gasteiger partial charge in [0.25, 0.3) is 10.0 Å². The Morgan fingerprint density at radius 1 is 1.17 bits per heavy atom. The number of ether oxygens (including phenoxy) is 1. The van der Waals surface area contributed by atoms with Crippen molar-refractivity contribution in [1.82, 2.24) is 9.78 Å². The predicted molar refractivity (Wildman–Crippen MR) is 92.4 cm³/mol. The summed E-state index contributed by atoms with van der Waals surface area (Å²) in [5.74, 6) is 0.410. The molecule has 2 aromatic carbocycles. The molecule has 0 aliphatic rings. The van der Waals surface area contributed by atoms with Crippen molar-refractivity contribution in [3.8, 4) is 11.4 Å². The van der Waals surface area contributed by atoms with Gasteiger partial charge < -0.3 is 4.74 Å². The lowest BCUT2D eigenvalue weighted by molar-refractivity contribution is 0.414. The smallest absolute Gasteiger partial charge is 0.262 e. The number of hydrogen-bond acceptors (Lipinski definition) is 4. The molecule has 1 N–H and O–H groups in total. The summed E-state index contributed by atoms with van der Waals surface area (Å²) in [6, 6.07) is 13.0. The van der Waals surface area contributed by atoms with Gasteiger partial charge in [0.1, 0.15) is 5.75 Å². The predicted octanol–water partition coefficient (Wildman–Crippen LogP) is 3.34. The second-order valence-corrected chi connectivity index (χ2v) is 6.96. The van der Waals surface area contributed by atoms with E-state index in [0.717, 1.165) is 0 Å². The van der Waals surface area contributed by atoms with Crippen LogP contribution in [0.3, 0.4) is 0 Å². The molecule has 0 saturated carbocycles. The average Bonchev–Trinajstić information content (AvgIpc) is 3.09. The summed E-state index contributed by atoms with van der Waals surface area (Å²) in [6.07, 6.45) is 3.35. The van der Waals surface area contributed by atoms with E-state index in [2.05, 4.69) is 9.82 Å². The van der Waals surface area contributed by atoms with Crippen LogP contribution in [-0.4, -0.2) is 25.3 Å². The largest absolute Gasteiger partial charge is 0.495 e.